The lowest BCUT2D eigenvalue weighted by molar-refractivity contribution is -0.150. The predicted octanol–water partition coefficient (Wildman–Crippen LogP) is 4.23. The number of halogens is 3. The van der Waals surface area contributed by atoms with Crippen LogP contribution in [0.4, 0.5) is 13.2 Å². The maximum Gasteiger partial charge on any atom is 0.433 e. The lowest BCUT2D eigenvalue weighted by Gasteiger charge is -2.30. The second-order valence-electron chi connectivity index (χ2n) is 8.62. The van der Waals surface area contributed by atoms with E-state index in [4.69, 9.17) is 19.6 Å². The molecule has 4 rings (SSSR count). The summed E-state index contributed by atoms with van der Waals surface area (Å²) in [7, 11) is 1.32. The maximum absolute atomic E-state index is 13.3. The summed E-state index contributed by atoms with van der Waals surface area (Å²) in [5.41, 5.74) is 4.95. The highest BCUT2D eigenvalue weighted by molar-refractivity contribution is 5.98. The lowest BCUT2D eigenvalue weighted by atomic mass is 9.84. The number of oxazole rings is 1. The highest BCUT2D eigenvalue weighted by Gasteiger charge is 2.35. The van der Waals surface area contributed by atoms with Crippen LogP contribution in [0.25, 0.3) is 22.4 Å². The van der Waals surface area contributed by atoms with Crippen LogP contribution < -0.4 is 15.8 Å². The Bertz CT molecular complexity index is 1310. The smallest absolute Gasteiger partial charge is 0.433 e. The first kappa shape index (κ1) is 26.4. The number of ether oxygens (including phenoxy) is 2. The van der Waals surface area contributed by atoms with Crippen molar-refractivity contribution in [2.45, 2.75) is 51.4 Å². The summed E-state index contributed by atoms with van der Waals surface area (Å²) < 4.78 is 55.9. The van der Waals surface area contributed by atoms with Crippen LogP contribution in [0.5, 0.6) is 5.75 Å². The summed E-state index contributed by atoms with van der Waals surface area (Å²) >= 11 is 0. The molecule has 0 unspecified atom stereocenters. The third-order valence-corrected chi connectivity index (χ3v) is 6.33. The number of nitrogens with zero attached hydrogens (tertiary/aromatic N) is 2. The van der Waals surface area contributed by atoms with Gasteiger partial charge in [0, 0.05) is 17.0 Å². The van der Waals surface area contributed by atoms with Gasteiger partial charge in [0.25, 0.3) is 5.91 Å². The molecular weight excluding hydrogens is 493 g/mol. The van der Waals surface area contributed by atoms with E-state index in [1.165, 1.54) is 19.2 Å². The minimum Gasteiger partial charge on any atom is -0.494 e. The molecule has 1 aliphatic carbocycles. The van der Waals surface area contributed by atoms with E-state index in [1.54, 1.807) is 13.0 Å². The number of rotatable bonds is 7. The van der Waals surface area contributed by atoms with E-state index in [0.29, 0.717) is 23.8 Å². The van der Waals surface area contributed by atoms with E-state index < -0.39 is 29.7 Å². The Morgan fingerprint density at radius 3 is 2.59 bits per heavy atom. The molecule has 2 atom stereocenters. The maximum atomic E-state index is 13.3. The first-order chi connectivity index (χ1) is 17.7. The molecule has 3 N–H and O–H groups in total. The quantitative estimate of drug-likeness (QED) is 0.443. The molecule has 1 aromatic carbocycles. The number of methoxy groups -OCH3 is 1. The Kier molecular flexibility index (Phi) is 7.67. The third kappa shape index (κ3) is 5.38. The Hall–Kier alpha value is -3.67. The van der Waals surface area contributed by atoms with Gasteiger partial charge in [0.05, 0.1) is 26.2 Å². The highest BCUT2D eigenvalue weighted by Crippen LogP contribution is 2.37. The summed E-state index contributed by atoms with van der Waals surface area (Å²) in [6.07, 6.45) is -1.74. The Morgan fingerprint density at radius 1 is 1.16 bits per heavy atom. The van der Waals surface area contributed by atoms with Gasteiger partial charge in [-0.3, -0.25) is 9.59 Å². The number of hydrogen-bond donors (Lipinski definition) is 2. The average molecular weight is 521 g/mol. The molecule has 1 fully saturated rings. The molecule has 0 aliphatic heterocycles. The van der Waals surface area contributed by atoms with Crippen molar-refractivity contribution in [3.8, 4) is 17.2 Å². The SMILES string of the molecule is CCOC(=O)[C@@H]1CCCC[C@@H]1NC(=O)c1nc(-c2ccc(OC)c3nc(C(F)(F)F)ccc23)oc1CN. The minimum atomic E-state index is -4.64. The summed E-state index contributed by atoms with van der Waals surface area (Å²) in [6, 6.07) is 4.67. The van der Waals surface area contributed by atoms with Gasteiger partial charge in [0.1, 0.15) is 17.0 Å². The number of nitrogens with one attached hydrogen (secondary N) is 1. The van der Waals surface area contributed by atoms with Crippen LogP contribution in [-0.2, 0) is 22.3 Å². The molecule has 1 aliphatic rings. The van der Waals surface area contributed by atoms with E-state index >= 15 is 0 Å². The molecular formula is C25H27F3N4O5. The van der Waals surface area contributed by atoms with Gasteiger partial charge in [-0.25, -0.2) is 9.97 Å². The molecule has 9 nitrogen and oxygen atoms in total. The van der Waals surface area contributed by atoms with E-state index in [2.05, 4.69) is 15.3 Å². The first-order valence-corrected chi connectivity index (χ1v) is 11.9. The molecule has 12 heteroatoms. The van der Waals surface area contributed by atoms with Gasteiger partial charge in [-0.2, -0.15) is 13.2 Å². The molecule has 0 spiro atoms. The molecule has 2 aromatic heterocycles. The molecule has 3 aromatic rings. The van der Waals surface area contributed by atoms with Crippen molar-refractivity contribution in [2.24, 2.45) is 11.7 Å². The van der Waals surface area contributed by atoms with Crippen molar-refractivity contribution in [3.63, 3.8) is 0 Å². The summed E-state index contributed by atoms with van der Waals surface area (Å²) in [4.78, 5) is 33.6. The van der Waals surface area contributed by atoms with Crippen molar-refractivity contribution in [3.05, 3.63) is 41.4 Å². The molecule has 1 amide bonds. The number of nitrogens with two attached hydrogens (primary N) is 1. The van der Waals surface area contributed by atoms with E-state index in [-0.39, 0.29) is 47.7 Å². The number of fused-ring (bicyclic) bond motifs is 1. The molecule has 37 heavy (non-hydrogen) atoms. The average Bonchev–Trinajstić information content (AvgIpc) is 3.32. The van der Waals surface area contributed by atoms with Gasteiger partial charge in [-0.1, -0.05) is 12.8 Å². The van der Waals surface area contributed by atoms with Gasteiger partial charge in [-0.05, 0) is 44.0 Å². The Labute approximate surface area is 210 Å². The van der Waals surface area contributed by atoms with Crippen LogP contribution >= 0.6 is 0 Å². The molecule has 0 radical (unpaired) electrons. The Balaban J connectivity index is 1.69. The summed E-state index contributed by atoms with van der Waals surface area (Å²) in [5, 5.41) is 3.16. The van der Waals surface area contributed by atoms with Crippen LogP contribution in [0.3, 0.4) is 0 Å². The van der Waals surface area contributed by atoms with Crippen LogP contribution in [-0.4, -0.2) is 41.6 Å². The monoisotopic (exact) mass is 520 g/mol. The number of alkyl halides is 3. The number of pyridine rings is 1. The first-order valence-electron chi connectivity index (χ1n) is 11.9. The molecule has 0 saturated heterocycles. The zero-order chi connectivity index (χ0) is 26.7. The summed E-state index contributed by atoms with van der Waals surface area (Å²) in [6.45, 7) is 1.82. The van der Waals surface area contributed by atoms with E-state index in [9.17, 15) is 22.8 Å². The second-order valence-corrected chi connectivity index (χ2v) is 8.62. The Morgan fingerprint density at radius 2 is 1.92 bits per heavy atom. The van der Waals surface area contributed by atoms with Crippen molar-refractivity contribution in [1.29, 1.82) is 0 Å². The van der Waals surface area contributed by atoms with Gasteiger partial charge >= 0.3 is 12.1 Å². The predicted molar refractivity (Wildman–Crippen MR) is 127 cm³/mol. The highest BCUT2D eigenvalue weighted by atomic mass is 19.4. The van der Waals surface area contributed by atoms with Crippen molar-refractivity contribution in [2.75, 3.05) is 13.7 Å². The number of carbonyl (C=O) groups excluding carboxylic acids is 2. The molecule has 198 valence electrons. The van der Waals surface area contributed by atoms with Crippen LogP contribution in [0.1, 0.15) is 54.5 Å². The fraction of sp³-hybridized carbons (Fsp3) is 0.440. The largest absolute Gasteiger partial charge is 0.494 e. The lowest BCUT2D eigenvalue weighted by Crippen LogP contribution is -2.46. The zero-order valence-electron chi connectivity index (χ0n) is 20.4. The zero-order valence-corrected chi connectivity index (χ0v) is 20.4. The normalized spacial score (nSPS) is 18.0. The number of benzene rings is 1. The van der Waals surface area contributed by atoms with Gasteiger partial charge in [0.15, 0.2) is 11.5 Å². The topological polar surface area (TPSA) is 130 Å². The van der Waals surface area contributed by atoms with Crippen LogP contribution in [0.2, 0.25) is 0 Å². The number of carbonyl (C=O) groups is 2. The number of amides is 1. The standard InChI is InChI=1S/C25H27F3N4O5/c1-3-36-24(34)15-6-4-5-7-16(15)30-22(33)21-18(12-29)37-23(32-21)14-8-10-17(35-2)20-13(14)9-11-19(31-20)25(26,27)28/h8-11,15-16H,3-7,12,29H2,1-2H3,(H,30,33)/t15-,16+/m1/s1. The second kappa shape index (κ2) is 10.8. The van der Waals surface area contributed by atoms with Gasteiger partial charge < -0.3 is 24.9 Å². The number of esters is 1. The minimum absolute atomic E-state index is 0.00889. The van der Waals surface area contributed by atoms with E-state index in [1.807, 2.05) is 0 Å². The summed E-state index contributed by atoms with van der Waals surface area (Å²) in [5.74, 6) is -1.17. The number of aromatic nitrogens is 2. The fourth-order valence-electron chi connectivity index (χ4n) is 4.56. The molecule has 2 heterocycles. The van der Waals surface area contributed by atoms with Crippen LogP contribution in [0, 0.1) is 5.92 Å². The van der Waals surface area contributed by atoms with E-state index in [0.717, 1.165) is 18.9 Å². The molecule has 1 saturated carbocycles. The molecule has 0 bridgehead atoms. The van der Waals surface area contributed by atoms with Crippen molar-refractivity contribution < 1.29 is 36.7 Å². The van der Waals surface area contributed by atoms with Crippen molar-refractivity contribution in [1.82, 2.24) is 15.3 Å². The van der Waals surface area contributed by atoms with Crippen LogP contribution in [0.15, 0.2) is 28.7 Å². The van der Waals surface area contributed by atoms with Gasteiger partial charge in [0.2, 0.25) is 5.89 Å². The third-order valence-electron chi connectivity index (χ3n) is 6.33. The van der Waals surface area contributed by atoms with Crippen molar-refractivity contribution >= 4 is 22.8 Å². The number of hydrogen-bond acceptors (Lipinski definition) is 8. The van der Waals surface area contributed by atoms with Gasteiger partial charge in [-0.15, -0.1) is 0 Å². The fourth-order valence-corrected chi connectivity index (χ4v) is 4.56.